The third-order valence-corrected chi connectivity index (χ3v) is 4.55. The maximum absolute atomic E-state index is 13.8. The molecule has 1 aromatic heterocycles. The molecule has 0 amide bonds. The fraction of sp³-hybridized carbons (Fsp3) is 0.333. The molecular formula is C15H15ClFNOS. The van der Waals surface area contributed by atoms with Crippen molar-refractivity contribution in [1.82, 2.24) is 4.84 Å². The molecule has 1 heterocycles. The summed E-state index contributed by atoms with van der Waals surface area (Å²) in [7, 11) is 0. The standard InChI is InChI=1S/C15H15ClFNOS/c16-18-15(14-2-1-7-20-14)11-5-6-12(17)13(8-11)19-9-10-3-4-10/h1-2,5-8,10,15,18H,3-4,9H2/t15-/m0/s1. The first-order valence-electron chi connectivity index (χ1n) is 6.59. The van der Waals surface area contributed by atoms with Crippen molar-refractivity contribution < 1.29 is 9.13 Å². The highest BCUT2D eigenvalue weighted by Crippen LogP contribution is 2.32. The van der Waals surface area contributed by atoms with Crippen LogP contribution in [0, 0.1) is 11.7 Å². The largest absolute Gasteiger partial charge is 0.490 e. The van der Waals surface area contributed by atoms with Gasteiger partial charge in [0.2, 0.25) is 0 Å². The zero-order chi connectivity index (χ0) is 13.9. The van der Waals surface area contributed by atoms with Crippen molar-refractivity contribution in [2.75, 3.05) is 6.61 Å². The average molecular weight is 312 g/mol. The number of hydrogen-bond acceptors (Lipinski definition) is 3. The minimum atomic E-state index is -0.325. The lowest BCUT2D eigenvalue weighted by atomic mass is 10.1. The lowest BCUT2D eigenvalue weighted by Gasteiger charge is -2.15. The van der Waals surface area contributed by atoms with Crippen LogP contribution in [0.4, 0.5) is 4.39 Å². The number of thiophene rings is 1. The van der Waals surface area contributed by atoms with Gasteiger partial charge < -0.3 is 4.74 Å². The van der Waals surface area contributed by atoms with E-state index in [1.165, 1.54) is 18.9 Å². The summed E-state index contributed by atoms with van der Waals surface area (Å²) < 4.78 is 19.3. The van der Waals surface area contributed by atoms with Gasteiger partial charge in [-0.2, -0.15) is 0 Å². The molecule has 106 valence electrons. The molecule has 1 aliphatic carbocycles. The summed E-state index contributed by atoms with van der Waals surface area (Å²) in [5, 5.41) is 1.99. The van der Waals surface area contributed by atoms with Crippen molar-refractivity contribution in [2.45, 2.75) is 18.9 Å². The van der Waals surface area contributed by atoms with Crippen LogP contribution < -0.4 is 9.57 Å². The van der Waals surface area contributed by atoms with Crippen LogP contribution in [0.3, 0.4) is 0 Å². The van der Waals surface area contributed by atoms with Gasteiger partial charge in [-0.05, 0) is 59.7 Å². The van der Waals surface area contributed by atoms with Crippen molar-refractivity contribution in [3.05, 3.63) is 52.0 Å². The molecule has 1 fully saturated rings. The number of halogens is 2. The van der Waals surface area contributed by atoms with Gasteiger partial charge in [0, 0.05) is 4.88 Å². The summed E-state index contributed by atoms with van der Waals surface area (Å²) in [6, 6.07) is 8.72. The first-order valence-corrected chi connectivity index (χ1v) is 7.85. The van der Waals surface area contributed by atoms with Crippen LogP contribution in [0.2, 0.25) is 0 Å². The number of hydrogen-bond donors (Lipinski definition) is 1. The highest BCUT2D eigenvalue weighted by Gasteiger charge is 2.23. The van der Waals surface area contributed by atoms with E-state index in [0.717, 1.165) is 10.4 Å². The van der Waals surface area contributed by atoms with E-state index in [0.29, 0.717) is 18.3 Å². The van der Waals surface area contributed by atoms with Gasteiger partial charge in [-0.3, -0.25) is 0 Å². The molecule has 1 saturated carbocycles. The SMILES string of the molecule is Fc1ccc([C@H](NCl)c2cccs2)cc1OCC1CC1. The molecule has 0 unspecified atom stereocenters. The molecule has 0 radical (unpaired) electrons. The van der Waals surface area contributed by atoms with E-state index in [2.05, 4.69) is 4.84 Å². The normalized spacial score (nSPS) is 16.1. The third-order valence-electron chi connectivity index (χ3n) is 3.40. The topological polar surface area (TPSA) is 21.3 Å². The molecule has 2 nitrogen and oxygen atoms in total. The molecule has 1 aliphatic rings. The minimum absolute atomic E-state index is 0.152. The van der Waals surface area contributed by atoms with Gasteiger partial charge in [0.25, 0.3) is 0 Å². The molecule has 2 aromatic rings. The highest BCUT2D eigenvalue weighted by molar-refractivity contribution is 7.10. The average Bonchev–Trinajstić information content (AvgIpc) is 3.14. The van der Waals surface area contributed by atoms with Crippen molar-refractivity contribution >= 4 is 23.1 Å². The Labute approximate surface area is 126 Å². The molecule has 3 rings (SSSR count). The van der Waals surface area contributed by atoms with E-state index in [1.807, 2.05) is 17.5 Å². The summed E-state index contributed by atoms with van der Waals surface area (Å²) in [6.07, 6.45) is 2.37. The summed E-state index contributed by atoms with van der Waals surface area (Å²) in [5.74, 6) is 0.578. The second-order valence-electron chi connectivity index (χ2n) is 5.00. The molecule has 20 heavy (non-hydrogen) atoms. The van der Waals surface area contributed by atoms with Gasteiger partial charge in [-0.15, -0.1) is 11.3 Å². The molecule has 1 atom stereocenters. The van der Waals surface area contributed by atoms with Crippen LogP contribution >= 0.6 is 23.1 Å². The molecular weight excluding hydrogens is 297 g/mol. The molecule has 0 saturated heterocycles. The van der Waals surface area contributed by atoms with Crippen LogP contribution in [0.15, 0.2) is 35.7 Å². The quantitative estimate of drug-likeness (QED) is 0.793. The second kappa shape index (κ2) is 6.12. The van der Waals surface area contributed by atoms with Crippen molar-refractivity contribution in [2.24, 2.45) is 5.92 Å². The third kappa shape index (κ3) is 3.14. The van der Waals surface area contributed by atoms with Crippen LogP contribution in [-0.2, 0) is 0 Å². The Balaban J connectivity index is 1.82. The van der Waals surface area contributed by atoms with Crippen LogP contribution in [-0.4, -0.2) is 6.61 Å². The summed E-state index contributed by atoms with van der Waals surface area (Å²) in [4.78, 5) is 3.83. The van der Waals surface area contributed by atoms with Crippen molar-refractivity contribution in [1.29, 1.82) is 0 Å². The molecule has 0 bridgehead atoms. The van der Waals surface area contributed by atoms with Gasteiger partial charge in [0.05, 0.1) is 12.6 Å². The van der Waals surface area contributed by atoms with E-state index in [9.17, 15) is 4.39 Å². The zero-order valence-electron chi connectivity index (χ0n) is 10.8. The Bertz CT molecular complexity index is 571. The maximum atomic E-state index is 13.8. The predicted octanol–water partition coefficient (Wildman–Crippen LogP) is 4.51. The molecule has 0 aliphatic heterocycles. The fourth-order valence-corrected chi connectivity index (χ4v) is 3.15. The minimum Gasteiger partial charge on any atom is -0.490 e. The monoisotopic (exact) mass is 311 g/mol. The van der Waals surface area contributed by atoms with Gasteiger partial charge >= 0.3 is 0 Å². The molecule has 1 aromatic carbocycles. The first kappa shape index (κ1) is 13.9. The zero-order valence-corrected chi connectivity index (χ0v) is 12.4. The molecule has 1 N–H and O–H groups in total. The number of rotatable bonds is 6. The summed E-state index contributed by atoms with van der Waals surface area (Å²) >= 11 is 7.45. The van der Waals surface area contributed by atoms with Gasteiger partial charge in [0.1, 0.15) is 0 Å². The molecule has 5 heteroatoms. The smallest absolute Gasteiger partial charge is 0.165 e. The van der Waals surface area contributed by atoms with E-state index in [-0.39, 0.29) is 11.9 Å². The number of benzene rings is 1. The van der Waals surface area contributed by atoms with Gasteiger partial charge in [0.15, 0.2) is 11.6 Å². The van der Waals surface area contributed by atoms with E-state index in [1.54, 1.807) is 23.5 Å². The van der Waals surface area contributed by atoms with Gasteiger partial charge in [-0.25, -0.2) is 9.23 Å². The van der Waals surface area contributed by atoms with Crippen molar-refractivity contribution in [3.8, 4) is 5.75 Å². The van der Waals surface area contributed by atoms with E-state index in [4.69, 9.17) is 16.5 Å². The number of ether oxygens (including phenoxy) is 1. The summed E-state index contributed by atoms with van der Waals surface area (Å²) in [5.41, 5.74) is 0.898. The second-order valence-corrected chi connectivity index (χ2v) is 6.20. The Morgan fingerprint density at radius 3 is 2.90 bits per heavy atom. The Kier molecular flexibility index (Phi) is 4.24. The van der Waals surface area contributed by atoms with Crippen molar-refractivity contribution in [3.63, 3.8) is 0 Å². The Morgan fingerprint density at radius 2 is 2.25 bits per heavy atom. The fourth-order valence-electron chi connectivity index (χ4n) is 2.04. The van der Waals surface area contributed by atoms with E-state index >= 15 is 0 Å². The van der Waals surface area contributed by atoms with Crippen LogP contribution in [0.5, 0.6) is 5.75 Å². The van der Waals surface area contributed by atoms with E-state index < -0.39 is 0 Å². The Morgan fingerprint density at radius 1 is 1.40 bits per heavy atom. The Hall–Kier alpha value is -1.10. The summed E-state index contributed by atoms with van der Waals surface area (Å²) in [6.45, 7) is 0.596. The van der Waals surface area contributed by atoms with Crippen LogP contribution in [0.1, 0.15) is 29.3 Å². The van der Waals surface area contributed by atoms with Crippen LogP contribution in [0.25, 0.3) is 0 Å². The van der Waals surface area contributed by atoms with Gasteiger partial charge in [-0.1, -0.05) is 12.1 Å². The highest BCUT2D eigenvalue weighted by atomic mass is 35.5. The lowest BCUT2D eigenvalue weighted by Crippen LogP contribution is -2.12. The molecule has 0 spiro atoms. The first-order chi connectivity index (χ1) is 9.78. The maximum Gasteiger partial charge on any atom is 0.165 e. The predicted molar refractivity (Wildman–Crippen MR) is 79.8 cm³/mol. The number of nitrogens with one attached hydrogen (secondary N) is 1. The lowest BCUT2D eigenvalue weighted by molar-refractivity contribution is 0.285.